The van der Waals surface area contributed by atoms with E-state index in [0.717, 1.165) is 22.4 Å². The first-order valence-corrected chi connectivity index (χ1v) is 12.0. The second kappa shape index (κ2) is 7.00. The number of hydrogen-bond acceptors (Lipinski definition) is 7. The first kappa shape index (κ1) is 17.9. The lowest BCUT2D eigenvalue weighted by molar-refractivity contribution is 0.171. The summed E-state index contributed by atoms with van der Waals surface area (Å²) in [6.45, 7) is 1.05. The molecule has 1 fully saturated rings. The molecule has 0 aliphatic carbocycles. The van der Waals surface area contributed by atoms with Gasteiger partial charge in [0, 0.05) is 17.5 Å². The highest BCUT2D eigenvalue weighted by Gasteiger charge is 2.47. The van der Waals surface area contributed by atoms with E-state index in [1.807, 2.05) is 36.4 Å². The van der Waals surface area contributed by atoms with E-state index < -0.39 is 9.84 Å². The molecular weight excluding hydrogens is 396 g/mol. The minimum atomic E-state index is -3.07. The van der Waals surface area contributed by atoms with Gasteiger partial charge in [-0.25, -0.2) is 8.42 Å². The Labute approximate surface area is 168 Å². The van der Waals surface area contributed by atoms with Gasteiger partial charge in [0.25, 0.3) is 0 Å². The van der Waals surface area contributed by atoms with Gasteiger partial charge >= 0.3 is 0 Å². The lowest BCUT2D eigenvalue weighted by Gasteiger charge is -2.28. The van der Waals surface area contributed by atoms with Crippen molar-refractivity contribution < 1.29 is 17.9 Å². The van der Waals surface area contributed by atoms with E-state index in [4.69, 9.17) is 14.5 Å². The van der Waals surface area contributed by atoms with Crippen LogP contribution in [0.25, 0.3) is 0 Å². The monoisotopic (exact) mass is 416 g/mol. The number of thioether (sulfide) groups is 1. The van der Waals surface area contributed by atoms with Gasteiger partial charge < -0.3 is 14.4 Å². The zero-order valence-electron chi connectivity index (χ0n) is 15.2. The van der Waals surface area contributed by atoms with Crippen molar-refractivity contribution in [3.05, 3.63) is 54.1 Å². The molecule has 3 aliphatic rings. The maximum atomic E-state index is 12.2. The number of anilines is 1. The summed E-state index contributed by atoms with van der Waals surface area (Å²) in [5.74, 6) is 2.45. The van der Waals surface area contributed by atoms with Crippen molar-refractivity contribution in [3.63, 3.8) is 0 Å². The van der Waals surface area contributed by atoms with Crippen LogP contribution in [-0.2, 0) is 15.6 Å². The summed E-state index contributed by atoms with van der Waals surface area (Å²) in [5, 5.41) is 0.866. The minimum absolute atomic E-state index is 0.119. The van der Waals surface area contributed by atoms with Gasteiger partial charge in [-0.1, -0.05) is 42.1 Å². The van der Waals surface area contributed by atoms with Crippen molar-refractivity contribution in [2.45, 2.75) is 17.8 Å². The van der Waals surface area contributed by atoms with Crippen molar-refractivity contribution in [1.29, 1.82) is 0 Å². The third-order valence-electron chi connectivity index (χ3n) is 5.12. The maximum Gasteiger partial charge on any atom is 0.164 e. The van der Waals surface area contributed by atoms with Crippen molar-refractivity contribution in [2.75, 3.05) is 29.6 Å². The molecule has 0 amide bonds. The van der Waals surface area contributed by atoms with E-state index in [-0.39, 0.29) is 23.6 Å². The third-order valence-corrected chi connectivity index (χ3v) is 7.86. The number of rotatable bonds is 3. The summed E-state index contributed by atoms with van der Waals surface area (Å²) in [6.07, 6.45) is 0. The highest BCUT2D eigenvalue weighted by molar-refractivity contribution is 8.13. The predicted octanol–water partition coefficient (Wildman–Crippen LogP) is 2.73. The molecule has 2 aromatic carbocycles. The van der Waals surface area contributed by atoms with E-state index >= 15 is 0 Å². The van der Waals surface area contributed by atoms with Crippen LogP contribution in [-0.4, -0.2) is 50.4 Å². The van der Waals surface area contributed by atoms with Crippen LogP contribution in [0, 0.1) is 0 Å². The van der Waals surface area contributed by atoms with Crippen molar-refractivity contribution in [3.8, 4) is 11.5 Å². The lowest BCUT2D eigenvalue weighted by atomic mass is 10.1. The summed E-state index contributed by atoms with van der Waals surface area (Å²) in [5.41, 5.74) is 2.11. The number of aliphatic imine (C=N–C) groups is 1. The number of sulfone groups is 1. The van der Waals surface area contributed by atoms with Crippen LogP contribution in [0.1, 0.15) is 5.56 Å². The van der Waals surface area contributed by atoms with E-state index in [0.29, 0.717) is 19.0 Å². The Kier molecular flexibility index (Phi) is 4.47. The highest BCUT2D eigenvalue weighted by atomic mass is 32.2. The van der Waals surface area contributed by atoms with Gasteiger partial charge in [0.1, 0.15) is 13.2 Å². The number of fused-ring (bicyclic) bond motifs is 2. The molecule has 1 saturated heterocycles. The molecule has 5 rings (SSSR count). The fraction of sp³-hybridized carbons (Fsp3) is 0.350. The average molecular weight is 417 g/mol. The molecule has 2 atom stereocenters. The van der Waals surface area contributed by atoms with Gasteiger partial charge in [-0.15, -0.1) is 0 Å². The molecule has 0 spiro atoms. The number of nitrogens with zero attached hydrogens (tertiary/aromatic N) is 2. The topological polar surface area (TPSA) is 68.2 Å². The van der Waals surface area contributed by atoms with Crippen LogP contribution in [0.2, 0.25) is 0 Å². The van der Waals surface area contributed by atoms with Gasteiger partial charge in [-0.05, 0) is 17.7 Å². The summed E-state index contributed by atoms with van der Waals surface area (Å²) < 4.78 is 35.7. The zero-order chi connectivity index (χ0) is 19.1. The number of amidine groups is 1. The van der Waals surface area contributed by atoms with Crippen LogP contribution >= 0.6 is 11.8 Å². The second-order valence-electron chi connectivity index (χ2n) is 7.10. The Morgan fingerprint density at radius 1 is 1.04 bits per heavy atom. The Morgan fingerprint density at radius 2 is 1.82 bits per heavy atom. The summed E-state index contributed by atoms with van der Waals surface area (Å²) >= 11 is 1.64. The molecule has 3 aliphatic heterocycles. The Balaban J connectivity index is 1.46. The normalized spacial score (nSPS) is 24.7. The van der Waals surface area contributed by atoms with Gasteiger partial charge in [0.05, 0.1) is 23.6 Å². The van der Waals surface area contributed by atoms with Crippen LogP contribution in [0.15, 0.2) is 53.5 Å². The molecule has 8 heteroatoms. The third kappa shape index (κ3) is 3.35. The minimum Gasteiger partial charge on any atom is -0.486 e. The SMILES string of the molecule is O=S1(=O)CC2N=C(SCc3ccccc3)N(c3ccc4c(c3)OCCO4)C2C1. The largest absolute Gasteiger partial charge is 0.486 e. The molecular formula is C20H20N2O4S2. The number of ether oxygens (including phenoxy) is 2. The second-order valence-corrected chi connectivity index (χ2v) is 10.2. The quantitative estimate of drug-likeness (QED) is 0.766. The van der Waals surface area contributed by atoms with Crippen molar-refractivity contribution in [2.24, 2.45) is 4.99 Å². The molecule has 2 aromatic rings. The standard InChI is InChI=1S/C20H20N2O4S2/c23-28(24)12-16-17(13-28)22(15-6-7-18-19(10-15)26-9-8-25-18)20(21-16)27-11-14-4-2-1-3-5-14/h1-7,10,16-17H,8-9,11-13H2. The molecule has 28 heavy (non-hydrogen) atoms. The van der Waals surface area contributed by atoms with Crippen molar-refractivity contribution in [1.82, 2.24) is 0 Å². The van der Waals surface area contributed by atoms with Gasteiger partial charge in [-0.3, -0.25) is 4.99 Å². The van der Waals surface area contributed by atoms with Crippen LogP contribution in [0.4, 0.5) is 5.69 Å². The van der Waals surface area contributed by atoms with Crippen LogP contribution < -0.4 is 14.4 Å². The van der Waals surface area contributed by atoms with E-state index in [9.17, 15) is 8.42 Å². The lowest BCUT2D eigenvalue weighted by Crippen LogP contribution is -2.39. The zero-order valence-corrected chi connectivity index (χ0v) is 16.8. The molecule has 0 N–H and O–H groups in total. The molecule has 3 heterocycles. The average Bonchev–Trinajstić information content (AvgIpc) is 3.17. The summed E-state index contributed by atoms with van der Waals surface area (Å²) in [7, 11) is -3.07. The van der Waals surface area contributed by atoms with E-state index in [1.165, 1.54) is 5.56 Å². The highest BCUT2D eigenvalue weighted by Crippen LogP contribution is 2.40. The number of hydrogen-bond donors (Lipinski definition) is 0. The Bertz CT molecular complexity index is 1020. The summed E-state index contributed by atoms with van der Waals surface area (Å²) in [4.78, 5) is 6.86. The molecule has 0 bridgehead atoms. The predicted molar refractivity (Wildman–Crippen MR) is 111 cm³/mol. The smallest absolute Gasteiger partial charge is 0.164 e. The first-order valence-electron chi connectivity index (χ1n) is 9.23. The maximum absolute atomic E-state index is 12.2. The van der Waals surface area contributed by atoms with E-state index in [2.05, 4.69) is 17.0 Å². The first-order chi connectivity index (χ1) is 13.6. The van der Waals surface area contributed by atoms with Crippen LogP contribution in [0.3, 0.4) is 0 Å². The van der Waals surface area contributed by atoms with Crippen molar-refractivity contribution >= 4 is 32.5 Å². The van der Waals surface area contributed by atoms with Gasteiger partial charge in [-0.2, -0.15) is 0 Å². The Hall–Kier alpha value is -2.19. The van der Waals surface area contributed by atoms with Crippen LogP contribution in [0.5, 0.6) is 11.5 Å². The molecule has 0 saturated carbocycles. The van der Waals surface area contributed by atoms with E-state index in [1.54, 1.807) is 11.8 Å². The molecule has 146 valence electrons. The molecule has 0 radical (unpaired) electrons. The van der Waals surface area contributed by atoms with Gasteiger partial charge in [0.2, 0.25) is 0 Å². The molecule has 0 aromatic heterocycles. The Morgan fingerprint density at radius 3 is 2.64 bits per heavy atom. The fourth-order valence-corrected chi connectivity index (χ4v) is 6.76. The number of benzene rings is 2. The fourth-order valence-electron chi connectivity index (χ4n) is 3.84. The van der Waals surface area contributed by atoms with Gasteiger partial charge in [0.15, 0.2) is 26.5 Å². The molecule has 6 nitrogen and oxygen atoms in total. The molecule has 2 unspecified atom stereocenters. The summed E-state index contributed by atoms with van der Waals surface area (Å²) in [6, 6.07) is 15.6.